The number of esters is 1. The van der Waals surface area contributed by atoms with Crippen LogP contribution >= 0.6 is 11.8 Å². The van der Waals surface area contributed by atoms with Crippen molar-refractivity contribution in [2.24, 2.45) is 0 Å². The van der Waals surface area contributed by atoms with Crippen molar-refractivity contribution in [3.8, 4) is 12.1 Å². The van der Waals surface area contributed by atoms with Crippen molar-refractivity contribution in [3.63, 3.8) is 0 Å². The molecule has 2 rings (SSSR count). The molecule has 1 aromatic carbocycles. The van der Waals surface area contributed by atoms with E-state index in [-0.39, 0.29) is 29.4 Å². The van der Waals surface area contributed by atoms with Crippen LogP contribution in [0.5, 0.6) is 0 Å². The first kappa shape index (κ1) is 20.9. The minimum atomic E-state index is -0.530. The third-order valence-electron chi connectivity index (χ3n) is 3.65. The highest BCUT2D eigenvalue weighted by Crippen LogP contribution is 2.23. The number of anilines is 1. The van der Waals surface area contributed by atoms with Gasteiger partial charge in [0, 0.05) is 5.69 Å². The summed E-state index contributed by atoms with van der Waals surface area (Å²) in [5.74, 6) is -0.728. The molecule has 1 amide bonds. The van der Waals surface area contributed by atoms with Gasteiger partial charge in [-0.2, -0.15) is 10.5 Å². The Morgan fingerprint density at radius 1 is 1.25 bits per heavy atom. The maximum Gasteiger partial charge on any atom is 0.340 e. The molecule has 0 saturated heterocycles. The number of nitrogens with zero attached hydrogens (tertiary/aromatic N) is 3. The molecule has 0 aliphatic heterocycles. The van der Waals surface area contributed by atoms with Crippen molar-refractivity contribution < 1.29 is 14.3 Å². The zero-order chi connectivity index (χ0) is 20.5. The second kappa shape index (κ2) is 10.1. The Bertz CT molecular complexity index is 959. The van der Waals surface area contributed by atoms with E-state index in [1.807, 2.05) is 6.07 Å². The number of nitrogens with one attached hydrogen (secondary N) is 1. The van der Waals surface area contributed by atoms with E-state index in [2.05, 4.69) is 16.4 Å². The monoisotopic (exact) mass is 394 g/mol. The SMILES string of the molecule is CCOC(=O)c1cc(C#N)c(SCC(=O)Nc2ccc(CC#N)cc2)nc1C. The van der Waals surface area contributed by atoms with Crippen molar-refractivity contribution in [2.75, 3.05) is 17.7 Å². The lowest BCUT2D eigenvalue weighted by atomic mass is 10.1. The zero-order valence-corrected chi connectivity index (χ0v) is 16.3. The first-order valence-electron chi connectivity index (χ1n) is 8.45. The first-order valence-corrected chi connectivity index (χ1v) is 9.44. The standard InChI is InChI=1S/C20H18N4O3S/c1-3-27-20(26)17-10-15(11-22)19(23-13(17)2)28-12-18(25)24-16-6-4-14(5-7-16)8-9-21/h4-7,10H,3,8,12H2,1-2H3,(H,24,25). The second-order valence-corrected chi connectivity index (χ2v) is 6.64. The molecule has 28 heavy (non-hydrogen) atoms. The topological polar surface area (TPSA) is 116 Å². The molecule has 1 aromatic heterocycles. The number of carbonyl (C=O) groups excluding carboxylic acids is 2. The van der Waals surface area contributed by atoms with E-state index in [4.69, 9.17) is 10.00 Å². The summed E-state index contributed by atoms with van der Waals surface area (Å²) in [6.07, 6.45) is 0.313. The van der Waals surface area contributed by atoms with Crippen LogP contribution in [0.4, 0.5) is 5.69 Å². The molecule has 1 N–H and O–H groups in total. The smallest absolute Gasteiger partial charge is 0.340 e. The highest BCUT2D eigenvalue weighted by atomic mass is 32.2. The third kappa shape index (κ3) is 5.57. The average molecular weight is 394 g/mol. The summed E-state index contributed by atoms with van der Waals surface area (Å²) in [6.45, 7) is 3.58. The van der Waals surface area contributed by atoms with Gasteiger partial charge in [-0.25, -0.2) is 9.78 Å². The van der Waals surface area contributed by atoms with Crippen LogP contribution in [0.3, 0.4) is 0 Å². The van der Waals surface area contributed by atoms with Gasteiger partial charge in [0.2, 0.25) is 5.91 Å². The molecular weight excluding hydrogens is 376 g/mol. The van der Waals surface area contributed by atoms with Crippen molar-refractivity contribution in [1.29, 1.82) is 10.5 Å². The van der Waals surface area contributed by atoms with E-state index in [0.29, 0.717) is 22.8 Å². The summed E-state index contributed by atoms with van der Waals surface area (Å²) in [7, 11) is 0. The van der Waals surface area contributed by atoms with Crippen molar-refractivity contribution in [2.45, 2.75) is 25.3 Å². The van der Waals surface area contributed by atoms with Crippen LogP contribution in [0.2, 0.25) is 0 Å². The normalized spacial score (nSPS) is 9.86. The Hall–Kier alpha value is -3.36. The van der Waals surface area contributed by atoms with Gasteiger partial charge in [0.1, 0.15) is 11.1 Å². The van der Waals surface area contributed by atoms with Gasteiger partial charge < -0.3 is 10.1 Å². The highest BCUT2D eigenvalue weighted by molar-refractivity contribution is 8.00. The number of hydrogen-bond acceptors (Lipinski definition) is 7. The van der Waals surface area contributed by atoms with Gasteiger partial charge in [0.05, 0.1) is 41.7 Å². The fraction of sp³-hybridized carbons (Fsp3) is 0.250. The molecule has 7 nitrogen and oxygen atoms in total. The first-order chi connectivity index (χ1) is 13.5. The number of amides is 1. The molecule has 0 spiro atoms. The lowest BCUT2D eigenvalue weighted by Gasteiger charge is -2.09. The van der Waals surface area contributed by atoms with Crippen molar-refractivity contribution >= 4 is 29.3 Å². The minimum Gasteiger partial charge on any atom is -0.462 e. The number of rotatable bonds is 7. The van der Waals surface area contributed by atoms with Gasteiger partial charge in [0.15, 0.2) is 0 Å². The Kier molecular flexibility index (Phi) is 7.55. The molecule has 0 radical (unpaired) electrons. The molecule has 1 heterocycles. The second-order valence-electron chi connectivity index (χ2n) is 5.67. The summed E-state index contributed by atoms with van der Waals surface area (Å²) in [4.78, 5) is 28.4. The number of ether oxygens (including phenoxy) is 1. The lowest BCUT2D eigenvalue weighted by Crippen LogP contribution is -2.14. The summed E-state index contributed by atoms with van der Waals surface area (Å²) in [5, 5.41) is 21.1. The number of thioether (sulfide) groups is 1. The lowest BCUT2D eigenvalue weighted by molar-refractivity contribution is -0.113. The molecule has 0 aliphatic carbocycles. The molecule has 0 unspecified atom stereocenters. The third-order valence-corrected chi connectivity index (χ3v) is 4.65. The molecule has 0 fully saturated rings. The summed E-state index contributed by atoms with van der Waals surface area (Å²) >= 11 is 1.12. The molecule has 0 bridgehead atoms. The fourth-order valence-corrected chi connectivity index (χ4v) is 3.12. The van der Waals surface area contributed by atoms with E-state index >= 15 is 0 Å². The summed E-state index contributed by atoms with van der Waals surface area (Å²) < 4.78 is 4.96. The van der Waals surface area contributed by atoms with E-state index in [1.54, 1.807) is 38.1 Å². The van der Waals surface area contributed by atoms with Crippen LogP contribution in [0.15, 0.2) is 35.4 Å². The largest absolute Gasteiger partial charge is 0.462 e. The molecule has 142 valence electrons. The van der Waals surface area contributed by atoms with Crippen LogP contribution < -0.4 is 5.32 Å². The van der Waals surface area contributed by atoms with Gasteiger partial charge in [-0.1, -0.05) is 23.9 Å². The van der Waals surface area contributed by atoms with Crippen molar-refractivity contribution in [3.05, 3.63) is 52.7 Å². The molecule has 8 heteroatoms. The maximum absolute atomic E-state index is 12.2. The van der Waals surface area contributed by atoms with Gasteiger partial charge in [0.25, 0.3) is 0 Å². The van der Waals surface area contributed by atoms with Crippen LogP contribution in [-0.4, -0.2) is 29.2 Å². The summed E-state index contributed by atoms with van der Waals surface area (Å²) in [5.41, 5.74) is 2.38. The zero-order valence-electron chi connectivity index (χ0n) is 15.5. The van der Waals surface area contributed by atoms with E-state index in [9.17, 15) is 14.9 Å². The Morgan fingerprint density at radius 3 is 2.57 bits per heavy atom. The van der Waals surface area contributed by atoms with Gasteiger partial charge in [-0.05, 0) is 37.6 Å². The Labute approximate surface area is 167 Å². The number of hydrogen-bond donors (Lipinski definition) is 1. The predicted octanol–water partition coefficient (Wildman–Crippen LogP) is 3.24. The fourth-order valence-electron chi connectivity index (χ4n) is 2.32. The minimum absolute atomic E-state index is 0.0554. The number of aryl methyl sites for hydroxylation is 1. The number of nitriles is 2. The van der Waals surface area contributed by atoms with E-state index in [0.717, 1.165) is 17.3 Å². The summed E-state index contributed by atoms with van der Waals surface area (Å²) in [6, 6.07) is 12.5. The van der Waals surface area contributed by atoms with Crippen LogP contribution in [0.1, 0.15) is 34.1 Å². The number of carbonyl (C=O) groups is 2. The van der Waals surface area contributed by atoms with Crippen LogP contribution in [0.25, 0.3) is 0 Å². The van der Waals surface area contributed by atoms with Gasteiger partial charge >= 0.3 is 5.97 Å². The molecule has 2 aromatic rings. The van der Waals surface area contributed by atoms with Crippen molar-refractivity contribution in [1.82, 2.24) is 4.98 Å². The van der Waals surface area contributed by atoms with Gasteiger partial charge in [-0.15, -0.1) is 0 Å². The van der Waals surface area contributed by atoms with Crippen LogP contribution in [-0.2, 0) is 16.0 Å². The van der Waals surface area contributed by atoms with Crippen LogP contribution in [0, 0.1) is 29.6 Å². The average Bonchev–Trinajstić information content (AvgIpc) is 2.68. The number of pyridine rings is 1. The Morgan fingerprint density at radius 2 is 1.96 bits per heavy atom. The Balaban J connectivity index is 2.04. The molecule has 0 atom stereocenters. The quantitative estimate of drug-likeness (QED) is 0.566. The molecule has 0 saturated carbocycles. The number of aromatic nitrogens is 1. The predicted molar refractivity (Wildman–Crippen MR) is 105 cm³/mol. The highest BCUT2D eigenvalue weighted by Gasteiger charge is 2.17. The van der Waals surface area contributed by atoms with E-state index < -0.39 is 5.97 Å². The molecule has 0 aliphatic rings. The van der Waals surface area contributed by atoms with Gasteiger partial charge in [-0.3, -0.25) is 4.79 Å². The maximum atomic E-state index is 12.2. The number of benzene rings is 1. The van der Waals surface area contributed by atoms with E-state index in [1.165, 1.54) is 6.07 Å². The molecular formula is C20H18N4O3S.